The third kappa shape index (κ3) is 2.90. The third-order valence-corrected chi connectivity index (χ3v) is 4.07. The summed E-state index contributed by atoms with van der Waals surface area (Å²) in [4.78, 5) is 11.4. The van der Waals surface area contributed by atoms with Crippen LogP contribution in [0.4, 0.5) is 5.95 Å². The Morgan fingerprint density at radius 3 is 3.00 bits per heavy atom. The molecule has 0 saturated carbocycles. The molecule has 3 heterocycles. The van der Waals surface area contributed by atoms with Gasteiger partial charge in [0.05, 0.1) is 11.4 Å². The molecule has 0 aromatic carbocycles. The summed E-state index contributed by atoms with van der Waals surface area (Å²) < 4.78 is 1.82. The van der Waals surface area contributed by atoms with Crippen LogP contribution in [0.5, 0.6) is 0 Å². The van der Waals surface area contributed by atoms with Crippen LogP contribution < -0.4 is 10.6 Å². The van der Waals surface area contributed by atoms with E-state index in [4.69, 9.17) is 10.7 Å². The quantitative estimate of drug-likeness (QED) is 0.922. The van der Waals surface area contributed by atoms with Gasteiger partial charge in [-0.25, -0.2) is 9.97 Å². The van der Waals surface area contributed by atoms with Crippen molar-refractivity contribution in [2.75, 3.05) is 24.5 Å². The van der Waals surface area contributed by atoms with Crippen molar-refractivity contribution >= 4 is 5.95 Å². The summed E-state index contributed by atoms with van der Waals surface area (Å²) in [7, 11) is 1.93. The molecule has 2 aromatic heterocycles. The number of hydrogen-bond donors (Lipinski definition) is 1. The second-order valence-electron chi connectivity index (χ2n) is 5.73. The zero-order chi connectivity index (χ0) is 14.8. The maximum atomic E-state index is 5.81. The number of anilines is 1. The summed E-state index contributed by atoms with van der Waals surface area (Å²) in [6.45, 7) is 4.69. The summed E-state index contributed by atoms with van der Waals surface area (Å²) >= 11 is 0. The lowest BCUT2D eigenvalue weighted by atomic mass is 9.99. The standard InChI is InChI=1S/C15H22N6/c1-11-13(10-20(2)19-11)14-5-6-17-15(18-14)21-7-3-4-12(8-16)9-21/h5-6,10,12H,3-4,7-9,16H2,1-2H3. The first kappa shape index (κ1) is 14.0. The molecule has 0 aliphatic carbocycles. The van der Waals surface area contributed by atoms with Crippen LogP contribution >= 0.6 is 0 Å². The van der Waals surface area contributed by atoms with E-state index >= 15 is 0 Å². The Hall–Kier alpha value is -1.95. The number of nitrogens with zero attached hydrogens (tertiary/aromatic N) is 5. The smallest absolute Gasteiger partial charge is 0.225 e. The van der Waals surface area contributed by atoms with Gasteiger partial charge >= 0.3 is 0 Å². The van der Waals surface area contributed by atoms with E-state index in [0.717, 1.165) is 49.0 Å². The maximum absolute atomic E-state index is 5.81. The molecule has 2 N–H and O–H groups in total. The number of aromatic nitrogens is 4. The fourth-order valence-corrected chi connectivity index (χ4v) is 2.94. The number of piperidine rings is 1. The van der Waals surface area contributed by atoms with Crippen LogP contribution in [-0.2, 0) is 7.05 Å². The minimum Gasteiger partial charge on any atom is -0.340 e. The van der Waals surface area contributed by atoms with Gasteiger partial charge in [-0.3, -0.25) is 4.68 Å². The maximum Gasteiger partial charge on any atom is 0.225 e. The van der Waals surface area contributed by atoms with Gasteiger partial charge in [-0.1, -0.05) is 0 Å². The molecular weight excluding hydrogens is 264 g/mol. The van der Waals surface area contributed by atoms with Gasteiger partial charge in [0.25, 0.3) is 0 Å². The lowest BCUT2D eigenvalue weighted by Crippen LogP contribution is -2.39. The topological polar surface area (TPSA) is 72.9 Å². The fraction of sp³-hybridized carbons (Fsp3) is 0.533. The highest BCUT2D eigenvalue weighted by molar-refractivity contribution is 5.61. The van der Waals surface area contributed by atoms with E-state index in [9.17, 15) is 0 Å². The van der Waals surface area contributed by atoms with Gasteiger partial charge in [0.15, 0.2) is 0 Å². The predicted molar refractivity (Wildman–Crippen MR) is 83.0 cm³/mol. The molecule has 2 aromatic rings. The van der Waals surface area contributed by atoms with E-state index < -0.39 is 0 Å². The minimum atomic E-state index is 0.547. The first-order valence-electron chi connectivity index (χ1n) is 7.46. The van der Waals surface area contributed by atoms with E-state index in [1.165, 1.54) is 6.42 Å². The molecular formula is C15H22N6. The van der Waals surface area contributed by atoms with Gasteiger partial charge in [-0.2, -0.15) is 5.10 Å². The summed E-state index contributed by atoms with van der Waals surface area (Å²) in [5.41, 5.74) is 8.79. The van der Waals surface area contributed by atoms with Crippen molar-refractivity contribution in [3.8, 4) is 11.3 Å². The van der Waals surface area contributed by atoms with Gasteiger partial charge < -0.3 is 10.6 Å². The van der Waals surface area contributed by atoms with Crippen molar-refractivity contribution in [1.82, 2.24) is 19.7 Å². The average molecular weight is 286 g/mol. The van der Waals surface area contributed by atoms with Gasteiger partial charge in [-0.15, -0.1) is 0 Å². The summed E-state index contributed by atoms with van der Waals surface area (Å²) in [6, 6.07) is 1.94. The van der Waals surface area contributed by atoms with Crippen molar-refractivity contribution in [1.29, 1.82) is 0 Å². The molecule has 1 atom stereocenters. The summed E-state index contributed by atoms with van der Waals surface area (Å²) in [5, 5.41) is 4.38. The van der Waals surface area contributed by atoms with Crippen LogP contribution in [0.2, 0.25) is 0 Å². The molecule has 1 unspecified atom stereocenters. The summed E-state index contributed by atoms with van der Waals surface area (Å²) in [5.74, 6) is 1.35. The van der Waals surface area contributed by atoms with E-state index in [1.54, 1.807) is 0 Å². The number of aryl methyl sites for hydroxylation is 2. The lowest BCUT2D eigenvalue weighted by Gasteiger charge is -2.32. The monoisotopic (exact) mass is 286 g/mol. The Kier molecular flexibility index (Phi) is 3.88. The number of hydrogen-bond acceptors (Lipinski definition) is 5. The lowest BCUT2D eigenvalue weighted by molar-refractivity contribution is 0.419. The SMILES string of the molecule is Cc1nn(C)cc1-c1ccnc(N2CCCC(CN)C2)n1. The molecule has 0 radical (unpaired) electrons. The van der Waals surface area contributed by atoms with Gasteiger partial charge in [0.1, 0.15) is 0 Å². The average Bonchev–Trinajstić information content (AvgIpc) is 2.86. The van der Waals surface area contributed by atoms with Crippen LogP contribution in [0.1, 0.15) is 18.5 Å². The summed E-state index contributed by atoms with van der Waals surface area (Å²) in [6.07, 6.45) is 6.19. The molecule has 0 amide bonds. The largest absolute Gasteiger partial charge is 0.340 e. The molecule has 1 aliphatic rings. The van der Waals surface area contributed by atoms with Crippen molar-refractivity contribution < 1.29 is 0 Å². The molecule has 1 fully saturated rings. The van der Waals surface area contributed by atoms with Crippen LogP contribution in [0.15, 0.2) is 18.5 Å². The zero-order valence-electron chi connectivity index (χ0n) is 12.7. The molecule has 1 aliphatic heterocycles. The van der Waals surface area contributed by atoms with Gasteiger partial charge in [-0.05, 0) is 38.3 Å². The molecule has 0 spiro atoms. The molecule has 3 rings (SSSR count). The Bertz CT molecular complexity index is 620. The van der Waals surface area contributed by atoms with Crippen molar-refractivity contribution in [2.24, 2.45) is 18.7 Å². The second-order valence-corrected chi connectivity index (χ2v) is 5.73. The van der Waals surface area contributed by atoms with Gasteiger partial charge in [0, 0.05) is 38.1 Å². The Labute approximate surface area is 125 Å². The van der Waals surface area contributed by atoms with Crippen molar-refractivity contribution in [2.45, 2.75) is 19.8 Å². The highest BCUT2D eigenvalue weighted by atomic mass is 15.3. The van der Waals surface area contributed by atoms with E-state index in [2.05, 4.69) is 15.0 Å². The molecule has 1 saturated heterocycles. The minimum absolute atomic E-state index is 0.547. The Morgan fingerprint density at radius 1 is 1.43 bits per heavy atom. The molecule has 112 valence electrons. The third-order valence-electron chi connectivity index (χ3n) is 4.07. The van der Waals surface area contributed by atoms with Crippen LogP contribution in [0.3, 0.4) is 0 Å². The normalized spacial score (nSPS) is 19.0. The Morgan fingerprint density at radius 2 is 2.29 bits per heavy atom. The predicted octanol–water partition coefficient (Wildman–Crippen LogP) is 1.36. The Balaban J connectivity index is 1.88. The number of rotatable bonds is 3. The first-order valence-corrected chi connectivity index (χ1v) is 7.46. The van der Waals surface area contributed by atoms with Crippen LogP contribution in [-0.4, -0.2) is 39.4 Å². The van der Waals surface area contributed by atoms with E-state index in [-0.39, 0.29) is 0 Å². The molecule has 6 heteroatoms. The van der Waals surface area contributed by atoms with E-state index in [0.29, 0.717) is 5.92 Å². The zero-order valence-corrected chi connectivity index (χ0v) is 12.7. The van der Waals surface area contributed by atoms with Gasteiger partial charge in [0.2, 0.25) is 5.95 Å². The fourth-order valence-electron chi connectivity index (χ4n) is 2.94. The highest BCUT2D eigenvalue weighted by Crippen LogP contribution is 2.24. The highest BCUT2D eigenvalue weighted by Gasteiger charge is 2.21. The van der Waals surface area contributed by atoms with Crippen molar-refractivity contribution in [3.63, 3.8) is 0 Å². The van der Waals surface area contributed by atoms with Crippen LogP contribution in [0.25, 0.3) is 11.3 Å². The molecule has 21 heavy (non-hydrogen) atoms. The van der Waals surface area contributed by atoms with Crippen molar-refractivity contribution in [3.05, 3.63) is 24.2 Å². The molecule has 0 bridgehead atoms. The first-order chi connectivity index (χ1) is 10.2. The van der Waals surface area contributed by atoms with Crippen LogP contribution in [0, 0.1) is 12.8 Å². The molecule has 6 nitrogen and oxygen atoms in total. The van der Waals surface area contributed by atoms with E-state index in [1.807, 2.05) is 37.1 Å². The number of nitrogens with two attached hydrogens (primary N) is 1. The second kappa shape index (κ2) is 5.81.